The van der Waals surface area contributed by atoms with Crippen molar-refractivity contribution in [1.82, 2.24) is 0 Å². The van der Waals surface area contributed by atoms with Crippen LogP contribution >= 0.6 is 0 Å². The summed E-state index contributed by atoms with van der Waals surface area (Å²) in [5, 5.41) is 0. The Hall–Kier alpha value is -0.650. The largest absolute Gasteiger partial charge is 0.466 e. The number of ether oxygens (including phenoxy) is 4. The third-order valence-corrected chi connectivity index (χ3v) is 7.07. The Bertz CT molecular complexity index is 443. The van der Waals surface area contributed by atoms with Gasteiger partial charge in [-0.1, -0.05) is 136 Å². The highest BCUT2D eigenvalue weighted by molar-refractivity contribution is 5.69. The molecular formula is C33H66O5. The Labute approximate surface area is 237 Å². The lowest BCUT2D eigenvalue weighted by Crippen LogP contribution is -2.11. The predicted octanol–water partition coefficient (Wildman–Crippen LogP) is 9.59. The number of esters is 1. The van der Waals surface area contributed by atoms with E-state index in [0.29, 0.717) is 52.5 Å². The van der Waals surface area contributed by atoms with Gasteiger partial charge in [-0.3, -0.25) is 4.79 Å². The van der Waals surface area contributed by atoms with Crippen LogP contribution in [0.5, 0.6) is 0 Å². The van der Waals surface area contributed by atoms with Crippen molar-refractivity contribution in [3.8, 4) is 0 Å². The van der Waals surface area contributed by atoms with Gasteiger partial charge in [0.2, 0.25) is 0 Å². The van der Waals surface area contributed by atoms with Crippen LogP contribution in [0.2, 0.25) is 0 Å². The van der Waals surface area contributed by atoms with Gasteiger partial charge in [0.05, 0.1) is 33.0 Å². The Morgan fingerprint density at radius 2 is 0.684 bits per heavy atom. The zero-order valence-electron chi connectivity index (χ0n) is 25.8. The molecule has 0 aromatic carbocycles. The third-order valence-electron chi connectivity index (χ3n) is 7.07. The minimum Gasteiger partial charge on any atom is -0.466 e. The average molecular weight is 543 g/mol. The van der Waals surface area contributed by atoms with Crippen molar-refractivity contribution < 1.29 is 23.7 Å². The molecule has 0 heterocycles. The first kappa shape index (κ1) is 37.4. The van der Waals surface area contributed by atoms with Crippen molar-refractivity contribution in [2.75, 3.05) is 46.2 Å². The Morgan fingerprint density at radius 3 is 1.11 bits per heavy atom. The van der Waals surface area contributed by atoms with Crippen molar-refractivity contribution >= 4 is 5.97 Å². The normalized spacial score (nSPS) is 11.3. The summed E-state index contributed by atoms with van der Waals surface area (Å²) in [5.74, 6) is -0.1000. The lowest BCUT2D eigenvalue weighted by molar-refractivity contribution is -0.144. The molecule has 5 nitrogen and oxygen atoms in total. The first-order chi connectivity index (χ1) is 18.8. The topological polar surface area (TPSA) is 54.0 Å². The minimum atomic E-state index is -0.1000. The van der Waals surface area contributed by atoms with E-state index in [0.717, 1.165) is 25.9 Å². The van der Waals surface area contributed by atoms with Gasteiger partial charge in [0, 0.05) is 19.6 Å². The summed E-state index contributed by atoms with van der Waals surface area (Å²) < 4.78 is 22.1. The molecule has 0 amide bonds. The first-order valence-corrected chi connectivity index (χ1v) is 16.7. The highest BCUT2D eigenvalue weighted by Crippen LogP contribution is 2.12. The van der Waals surface area contributed by atoms with E-state index in [1.807, 2.05) is 0 Å². The van der Waals surface area contributed by atoms with Crippen molar-refractivity contribution in [3.05, 3.63) is 0 Å². The summed E-state index contributed by atoms with van der Waals surface area (Å²) >= 11 is 0. The molecule has 0 fully saturated rings. The number of carbonyl (C=O) groups is 1. The highest BCUT2D eigenvalue weighted by Gasteiger charge is 2.03. The summed E-state index contributed by atoms with van der Waals surface area (Å²) in [6.07, 6.45) is 29.0. The number of hydrogen-bond acceptors (Lipinski definition) is 5. The lowest BCUT2D eigenvalue weighted by Gasteiger charge is -2.07. The molecule has 0 aliphatic heterocycles. The SMILES string of the molecule is CCCCCCCCCCCCCCOC(=O)CCCOCCOCCOCCCCCCCCCCC. The summed E-state index contributed by atoms with van der Waals surface area (Å²) in [6, 6.07) is 0. The smallest absolute Gasteiger partial charge is 0.305 e. The quantitative estimate of drug-likeness (QED) is 0.0610. The molecule has 0 aliphatic rings. The van der Waals surface area contributed by atoms with Crippen LogP contribution in [-0.4, -0.2) is 52.2 Å². The molecule has 0 aromatic heterocycles. The maximum Gasteiger partial charge on any atom is 0.305 e. The van der Waals surface area contributed by atoms with Crippen LogP contribution in [0.1, 0.15) is 162 Å². The van der Waals surface area contributed by atoms with Crippen molar-refractivity contribution in [3.63, 3.8) is 0 Å². The molecule has 0 spiro atoms. The van der Waals surface area contributed by atoms with Gasteiger partial charge in [-0.2, -0.15) is 0 Å². The molecule has 0 aliphatic carbocycles. The van der Waals surface area contributed by atoms with E-state index in [9.17, 15) is 4.79 Å². The molecule has 5 heteroatoms. The Balaban J connectivity index is 3.13. The van der Waals surface area contributed by atoms with Crippen molar-refractivity contribution in [2.24, 2.45) is 0 Å². The maximum atomic E-state index is 11.8. The first-order valence-electron chi connectivity index (χ1n) is 16.7. The van der Waals surface area contributed by atoms with Crippen LogP contribution in [0.3, 0.4) is 0 Å². The summed E-state index contributed by atoms with van der Waals surface area (Å²) in [5.41, 5.74) is 0. The Kier molecular flexibility index (Phi) is 33.8. The van der Waals surface area contributed by atoms with Crippen LogP contribution in [0.15, 0.2) is 0 Å². The molecule has 0 saturated carbocycles. The molecule has 0 aromatic rings. The summed E-state index contributed by atoms with van der Waals surface area (Å²) in [4.78, 5) is 11.8. The molecule has 0 unspecified atom stereocenters. The fraction of sp³-hybridized carbons (Fsp3) is 0.970. The van der Waals surface area contributed by atoms with Crippen LogP contribution in [0, 0.1) is 0 Å². The summed E-state index contributed by atoms with van der Waals surface area (Å²) in [6.45, 7) is 8.92. The van der Waals surface area contributed by atoms with E-state index in [1.54, 1.807) is 0 Å². The van der Waals surface area contributed by atoms with E-state index in [4.69, 9.17) is 18.9 Å². The van der Waals surface area contributed by atoms with E-state index in [1.165, 1.54) is 116 Å². The minimum absolute atomic E-state index is 0.1000. The fourth-order valence-electron chi connectivity index (χ4n) is 4.58. The number of rotatable bonds is 33. The average Bonchev–Trinajstić information content (AvgIpc) is 2.92. The van der Waals surface area contributed by atoms with Gasteiger partial charge in [-0.05, 0) is 19.3 Å². The van der Waals surface area contributed by atoms with Gasteiger partial charge in [-0.15, -0.1) is 0 Å². The highest BCUT2D eigenvalue weighted by atomic mass is 16.5. The second-order valence-corrected chi connectivity index (χ2v) is 10.9. The van der Waals surface area contributed by atoms with Crippen LogP contribution < -0.4 is 0 Å². The molecule has 0 N–H and O–H groups in total. The molecule has 0 saturated heterocycles. The molecule has 0 bridgehead atoms. The molecule has 38 heavy (non-hydrogen) atoms. The molecule has 0 atom stereocenters. The summed E-state index contributed by atoms with van der Waals surface area (Å²) in [7, 11) is 0. The zero-order chi connectivity index (χ0) is 27.6. The van der Waals surface area contributed by atoms with Gasteiger partial charge < -0.3 is 18.9 Å². The van der Waals surface area contributed by atoms with E-state index < -0.39 is 0 Å². The van der Waals surface area contributed by atoms with Crippen LogP contribution in [0.4, 0.5) is 0 Å². The van der Waals surface area contributed by atoms with Crippen LogP contribution in [-0.2, 0) is 23.7 Å². The predicted molar refractivity (Wildman–Crippen MR) is 161 cm³/mol. The molecule has 0 rings (SSSR count). The van der Waals surface area contributed by atoms with E-state index >= 15 is 0 Å². The second-order valence-electron chi connectivity index (χ2n) is 10.9. The van der Waals surface area contributed by atoms with Crippen molar-refractivity contribution in [2.45, 2.75) is 162 Å². The van der Waals surface area contributed by atoms with Gasteiger partial charge in [0.1, 0.15) is 0 Å². The molecule has 0 radical (unpaired) electrons. The standard InChI is InChI=1S/C33H66O5/c1-3-5-7-9-11-13-14-15-17-19-21-23-28-38-33(34)25-24-27-36-30-32-37-31-29-35-26-22-20-18-16-12-10-8-6-4-2/h3-32H2,1-2H3. The van der Waals surface area contributed by atoms with E-state index in [-0.39, 0.29) is 5.97 Å². The van der Waals surface area contributed by atoms with E-state index in [2.05, 4.69) is 13.8 Å². The monoisotopic (exact) mass is 542 g/mol. The van der Waals surface area contributed by atoms with Gasteiger partial charge in [0.25, 0.3) is 0 Å². The Morgan fingerprint density at radius 1 is 0.368 bits per heavy atom. The number of hydrogen-bond donors (Lipinski definition) is 0. The second kappa shape index (κ2) is 34.4. The van der Waals surface area contributed by atoms with Crippen LogP contribution in [0.25, 0.3) is 0 Å². The van der Waals surface area contributed by atoms with Gasteiger partial charge >= 0.3 is 5.97 Å². The van der Waals surface area contributed by atoms with Gasteiger partial charge in [-0.25, -0.2) is 0 Å². The number of carbonyl (C=O) groups excluding carboxylic acids is 1. The lowest BCUT2D eigenvalue weighted by atomic mass is 10.1. The van der Waals surface area contributed by atoms with Crippen molar-refractivity contribution in [1.29, 1.82) is 0 Å². The molecular weight excluding hydrogens is 476 g/mol. The fourth-order valence-corrected chi connectivity index (χ4v) is 4.58. The molecule has 228 valence electrons. The van der Waals surface area contributed by atoms with Gasteiger partial charge in [0.15, 0.2) is 0 Å². The number of unbranched alkanes of at least 4 members (excludes halogenated alkanes) is 19. The third kappa shape index (κ3) is 33.4. The zero-order valence-corrected chi connectivity index (χ0v) is 25.8. The maximum absolute atomic E-state index is 11.8.